The Morgan fingerprint density at radius 3 is 2.33 bits per heavy atom. The van der Waals surface area contributed by atoms with Gasteiger partial charge in [0.25, 0.3) is 0 Å². The molecule has 2 aromatic carbocycles. The lowest BCUT2D eigenvalue weighted by molar-refractivity contribution is -0.159. The van der Waals surface area contributed by atoms with Gasteiger partial charge in [-0.1, -0.05) is 58.7 Å². The van der Waals surface area contributed by atoms with Gasteiger partial charge in [0.05, 0.1) is 11.9 Å². The molecule has 3 rings (SSSR count). The molecule has 0 bridgehead atoms. The van der Waals surface area contributed by atoms with Crippen LogP contribution < -0.4 is 10.3 Å². The van der Waals surface area contributed by atoms with Crippen LogP contribution in [0, 0.1) is 0 Å². The molecule has 36 heavy (non-hydrogen) atoms. The van der Waals surface area contributed by atoms with E-state index in [1.54, 1.807) is 0 Å². The number of carbonyl (C=O) groups excluding carboxylic acids is 2. The van der Waals surface area contributed by atoms with E-state index in [2.05, 4.69) is 29.8 Å². The third-order valence-corrected chi connectivity index (χ3v) is 4.82. The van der Waals surface area contributed by atoms with Gasteiger partial charge in [-0.05, 0) is 23.3 Å². The molecular weight excluding hydrogens is 526 g/mol. The fraction of sp³-hybridized carbons (Fsp3) is 0.227. The van der Waals surface area contributed by atoms with E-state index in [1.165, 1.54) is 32.4 Å². The lowest BCUT2D eigenvalue weighted by Gasteiger charge is -2.17. The first-order valence-electron chi connectivity index (χ1n) is 10.00. The standard InChI is InChI=1S/C19H13Cl2F3N4O2.C3H7NO2/c1-11(29)28(25-10-12-5-3-2-4-6-12)13-7-15(20)14(16(21)8-13)9-17-26-18(30-27-17)19(22,23)24;1-6-3-4-2-5/h2-8,10H,9H2,1H3;2H,3H2,1H3,(H,4,5)/b25-10+;. The number of methoxy groups -OCH3 is 1. The van der Waals surface area contributed by atoms with Gasteiger partial charge in [-0.25, -0.2) is 5.01 Å². The van der Waals surface area contributed by atoms with E-state index in [0.717, 1.165) is 10.6 Å². The van der Waals surface area contributed by atoms with Gasteiger partial charge >= 0.3 is 12.1 Å². The topological polar surface area (TPSA) is 110 Å². The molecule has 0 saturated heterocycles. The highest BCUT2D eigenvalue weighted by molar-refractivity contribution is 6.36. The number of alkyl halides is 3. The van der Waals surface area contributed by atoms with Crippen LogP contribution in [0.2, 0.25) is 10.0 Å². The van der Waals surface area contributed by atoms with Gasteiger partial charge in [0.2, 0.25) is 12.3 Å². The van der Waals surface area contributed by atoms with Crippen LogP contribution >= 0.6 is 23.2 Å². The Kier molecular flexibility index (Phi) is 10.8. The largest absolute Gasteiger partial charge is 0.471 e. The van der Waals surface area contributed by atoms with Gasteiger partial charge in [0, 0.05) is 30.5 Å². The Balaban J connectivity index is 0.000000678. The van der Waals surface area contributed by atoms with E-state index in [9.17, 15) is 22.8 Å². The highest BCUT2D eigenvalue weighted by atomic mass is 35.5. The predicted molar refractivity (Wildman–Crippen MR) is 127 cm³/mol. The highest BCUT2D eigenvalue weighted by Gasteiger charge is 2.38. The molecule has 0 saturated carbocycles. The zero-order valence-corrected chi connectivity index (χ0v) is 20.4. The quantitative estimate of drug-likeness (QED) is 0.144. The van der Waals surface area contributed by atoms with E-state index in [0.29, 0.717) is 13.1 Å². The molecule has 1 heterocycles. The number of carbonyl (C=O) groups is 2. The maximum atomic E-state index is 12.6. The van der Waals surface area contributed by atoms with Crippen molar-refractivity contribution >= 4 is 47.4 Å². The number of halogens is 5. The molecule has 0 aliphatic rings. The summed E-state index contributed by atoms with van der Waals surface area (Å²) in [7, 11) is 1.51. The molecule has 1 aromatic heterocycles. The van der Waals surface area contributed by atoms with E-state index in [4.69, 9.17) is 23.2 Å². The maximum absolute atomic E-state index is 12.6. The van der Waals surface area contributed by atoms with Crippen LogP contribution in [0.4, 0.5) is 18.9 Å². The molecule has 192 valence electrons. The van der Waals surface area contributed by atoms with E-state index in [1.807, 2.05) is 30.3 Å². The minimum absolute atomic E-state index is 0.108. The summed E-state index contributed by atoms with van der Waals surface area (Å²) >= 11 is 12.5. The van der Waals surface area contributed by atoms with E-state index < -0.39 is 18.0 Å². The van der Waals surface area contributed by atoms with Gasteiger partial charge in [-0.3, -0.25) is 9.59 Å². The summed E-state index contributed by atoms with van der Waals surface area (Å²) in [6, 6.07) is 12.0. The Hall–Kier alpha value is -3.48. The Bertz CT molecular complexity index is 1170. The summed E-state index contributed by atoms with van der Waals surface area (Å²) in [5.74, 6) is -2.08. The van der Waals surface area contributed by atoms with Gasteiger partial charge in [0.1, 0.15) is 6.73 Å². The lowest BCUT2D eigenvalue weighted by Crippen LogP contribution is -2.22. The molecule has 0 unspecified atom stereocenters. The third kappa shape index (κ3) is 8.63. The number of ether oxygens (including phenoxy) is 1. The van der Waals surface area contributed by atoms with Crippen LogP contribution in [0.25, 0.3) is 0 Å². The van der Waals surface area contributed by atoms with Gasteiger partial charge < -0.3 is 14.6 Å². The molecule has 3 aromatic rings. The molecular formula is C22H20Cl2F3N5O4. The first-order chi connectivity index (χ1) is 17.1. The second-order valence-corrected chi connectivity index (χ2v) is 7.63. The lowest BCUT2D eigenvalue weighted by atomic mass is 10.1. The van der Waals surface area contributed by atoms with Crippen molar-refractivity contribution in [3.05, 3.63) is 75.4 Å². The summed E-state index contributed by atoms with van der Waals surface area (Å²) in [6.07, 6.45) is -2.86. The number of rotatable bonds is 8. The molecule has 0 fully saturated rings. The molecule has 9 nitrogen and oxygen atoms in total. The summed E-state index contributed by atoms with van der Waals surface area (Å²) < 4.78 is 46.5. The van der Waals surface area contributed by atoms with E-state index >= 15 is 0 Å². The summed E-state index contributed by atoms with van der Waals surface area (Å²) in [5, 5.41) is 11.1. The normalized spacial score (nSPS) is 11.1. The van der Waals surface area contributed by atoms with Gasteiger partial charge in [-0.15, -0.1) is 0 Å². The van der Waals surface area contributed by atoms with Crippen LogP contribution in [0.3, 0.4) is 0 Å². The number of aromatic nitrogens is 2. The van der Waals surface area contributed by atoms with Gasteiger partial charge in [0.15, 0.2) is 5.82 Å². The molecule has 0 aliphatic carbocycles. The van der Waals surface area contributed by atoms with Crippen molar-refractivity contribution in [2.24, 2.45) is 5.10 Å². The van der Waals surface area contributed by atoms with Crippen LogP contribution in [-0.4, -0.2) is 42.5 Å². The summed E-state index contributed by atoms with van der Waals surface area (Å²) in [5.41, 5.74) is 1.35. The van der Waals surface area contributed by atoms with Crippen molar-refractivity contribution in [3.63, 3.8) is 0 Å². The number of hydrazone groups is 1. The van der Waals surface area contributed by atoms with Crippen molar-refractivity contribution < 1.29 is 32.0 Å². The number of nitrogens with one attached hydrogen (secondary N) is 1. The molecule has 14 heteroatoms. The second kappa shape index (κ2) is 13.6. The monoisotopic (exact) mass is 545 g/mol. The highest BCUT2D eigenvalue weighted by Crippen LogP contribution is 2.33. The molecule has 2 amide bonds. The first kappa shape index (κ1) is 28.8. The molecule has 0 aliphatic heterocycles. The molecule has 1 N–H and O–H groups in total. The van der Waals surface area contributed by atoms with Crippen LogP contribution in [0.15, 0.2) is 52.1 Å². The minimum atomic E-state index is -4.75. The summed E-state index contributed by atoms with van der Waals surface area (Å²) in [6.45, 7) is 1.61. The van der Waals surface area contributed by atoms with Crippen LogP contribution in [0.5, 0.6) is 0 Å². The number of nitrogens with zero attached hydrogens (tertiary/aromatic N) is 4. The van der Waals surface area contributed by atoms with E-state index in [-0.39, 0.29) is 33.5 Å². The van der Waals surface area contributed by atoms with Gasteiger partial charge in [-0.2, -0.15) is 23.3 Å². The minimum Gasteiger partial charge on any atom is -0.365 e. The fourth-order valence-electron chi connectivity index (χ4n) is 2.59. The number of hydrogen-bond acceptors (Lipinski definition) is 7. The maximum Gasteiger partial charge on any atom is 0.471 e. The van der Waals surface area contributed by atoms with Crippen LogP contribution in [0.1, 0.15) is 29.8 Å². The average Bonchev–Trinajstić information content (AvgIpc) is 3.31. The average molecular weight is 546 g/mol. The first-order valence-corrected chi connectivity index (χ1v) is 10.8. The second-order valence-electron chi connectivity index (χ2n) is 6.82. The number of anilines is 1. The Morgan fingerprint density at radius 2 is 1.86 bits per heavy atom. The zero-order valence-electron chi connectivity index (χ0n) is 18.9. The van der Waals surface area contributed by atoms with Crippen molar-refractivity contribution in [1.29, 1.82) is 0 Å². The van der Waals surface area contributed by atoms with Crippen molar-refractivity contribution in [3.8, 4) is 0 Å². The number of benzene rings is 2. The van der Waals surface area contributed by atoms with Crippen LogP contribution in [-0.2, 0) is 26.9 Å². The Morgan fingerprint density at radius 1 is 1.22 bits per heavy atom. The van der Waals surface area contributed by atoms with Crippen molar-refractivity contribution in [2.45, 2.75) is 19.5 Å². The van der Waals surface area contributed by atoms with Crippen molar-refractivity contribution in [1.82, 2.24) is 15.5 Å². The zero-order chi connectivity index (χ0) is 26.7. The number of amides is 2. The number of hydrogen-bond donors (Lipinski definition) is 1. The van der Waals surface area contributed by atoms with Crippen molar-refractivity contribution in [2.75, 3.05) is 18.8 Å². The smallest absolute Gasteiger partial charge is 0.365 e. The molecule has 0 atom stereocenters. The SMILES string of the molecule is CC(=O)N(/N=C/c1ccccc1)c1cc(Cl)c(Cc2noc(C(F)(F)F)n2)c(Cl)c1.COCNC=O. The Labute approximate surface area is 213 Å². The molecule has 0 spiro atoms. The predicted octanol–water partition coefficient (Wildman–Crippen LogP) is 4.71. The molecule has 0 radical (unpaired) electrons. The fourth-order valence-corrected chi connectivity index (χ4v) is 3.20. The third-order valence-electron chi connectivity index (χ3n) is 4.15. The summed E-state index contributed by atoms with van der Waals surface area (Å²) in [4.78, 5) is 24.7.